The molecule has 1 N–H and O–H groups in total. The van der Waals surface area contributed by atoms with Gasteiger partial charge < -0.3 is 10.0 Å². The Morgan fingerprint density at radius 3 is 1.55 bits per heavy atom. The van der Waals surface area contributed by atoms with Crippen LogP contribution in [0.25, 0.3) is 0 Å². The van der Waals surface area contributed by atoms with Crippen LogP contribution in [0.3, 0.4) is 0 Å². The fourth-order valence-electron chi connectivity index (χ4n) is 5.38. The van der Waals surface area contributed by atoms with Gasteiger partial charge in [0.1, 0.15) is 0 Å². The van der Waals surface area contributed by atoms with Crippen molar-refractivity contribution in [1.82, 2.24) is 4.90 Å². The zero-order valence-electron chi connectivity index (χ0n) is 12.7. The second-order valence-electron chi connectivity index (χ2n) is 7.02. The Kier molecular flexibility index (Phi) is 2.73. The number of nitrogens with zero attached hydrogens (tertiary/aromatic N) is 1. The molecule has 112 valence electrons. The molecule has 2 atom stereocenters. The maximum atomic E-state index is 9.31. The normalized spacial score (nSPS) is 31.7. The smallest absolute Gasteiger partial charge is 0.0558 e. The van der Waals surface area contributed by atoms with E-state index in [4.69, 9.17) is 0 Å². The molecule has 0 saturated carbocycles. The van der Waals surface area contributed by atoms with Crippen molar-refractivity contribution in [3.63, 3.8) is 0 Å². The van der Waals surface area contributed by atoms with Crippen molar-refractivity contribution in [2.45, 2.75) is 11.8 Å². The van der Waals surface area contributed by atoms with Crippen LogP contribution >= 0.6 is 0 Å². The van der Waals surface area contributed by atoms with E-state index in [-0.39, 0.29) is 6.61 Å². The average molecular weight is 291 g/mol. The van der Waals surface area contributed by atoms with Gasteiger partial charge in [-0.25, -0.2) is 0 Å². The lowest BCUT2D eigenvalue weighted by atomic mass is 9.55. The Morgan fingerprint density at radius 2 is 1.18 bits per heavy atom. The van der Waals surface area contributed by atoms with Crippen molar-refractivity contribution in [3.8, 4) is 0 Å². The van der Waals surface area contributed by atoms with E-state index in [0.29, 0.717) is 23.7 Å². The van der Waals surface area contributed by atoms with Crippen LogP contribution in [0.15, 0.2) is 48.5 Å². The maximum Gasteiger partial charge on any atom is 0.0558 e. The van der Waals surface area contributed by atoms with E-state index in [1.807, 2.05) is 0 Å². The van der Waals surface area contributed by atoms with Crippen LogP contribution < -0.4 is 0 Å². The lowest BCUT2D eigenvalue weighted by Crippen LogP contribution is -2.39. The van der Waals surface area contributed by atoms with Crippen molar-refractivity contribution in [1.29, 1.82) is 0 Å². The van der Waals surface area contributed by atoms with E-state index >= 15 is 0 Å². The molecule has 1 heterocycles. The van der Waals surface area contributed by atoms with Gasteiger partial charge in [0.25, 0.3) is 0 Å². The number of hydrogen-bond acceptors (Lipinski definition) is 2. The molecule has 22 heavy (non-hydrogen) atoms. The summed E-state index contributed by atoms with van der Waals surface area (Å²) in [6, 6.07) is 18.1. The van der Waals surface area contributed by atoms with Gasteiger partial charge in [0.05, 0.1) is 6.61 Å². The predicted octanol–water partition coefficient (Wildman–Crippen LogP) is 2.82. The SMILES string of the molecule is OCCN1CC2C3c4ccccc4C(c4ccccc43)C2C1. The molecule has 0 spiro atoms. The highest BCUT2D eigenvalue weighted by Gasteiger charge is 2.52. The highest BCUT2D eigenvalue weighted by atomic mass is 16.3. The fourth-order valence-corrected chi connectivity index (χ4v) is 5.38. The Morgan fingerprint density at radius 1 is 0.773 bits per heavy atom. The van der Waals surface area contributed by atoms with Gasteiger partial charge >= 0.3 is 0 Å². The first kappa shape index (κ1) is 12.9. The monoisotopic (exact) mass is 291 g/mol. The number of hydrogen-bond donors (Lipinski definition) is 1. The molecule has 2 aromatic rings. The molecule has 4 aliphatic rings. The zero-order valence-corrected chi connectivity index (χ0v) is 12.7. The van der Waals surface area contributed by atoms with Crippen LogP contribution in [0.1, 0.15) is 34.1 Å². The summed E-state index contributed by atoms with van der Waals surface area (Å²) >= 11 is 0. The third-order valence-electron chi connectivity index (χ3n) is 6.09. The van der Waals surface area contributed by atoms with E-state index in [2.05, 4.69) is 53.4 Å². The highest BCUT2D eigenvalue weighted by molar-refractivity contribution is 5.57. The molecule has 3 aliphatic carbocycles. The van der Waals surface area contributed by atoms with E-state index < -0.39 is 0 Å². The van der Waals surface area contributed by atoms with Crippen LogP contribution in [0.2, 0.25) is 0 Å². The third kappa shape index (κ3) is 1.57. The Hall–Kier alpha value is -1.64. The molecule has 1 saturated heterocycles. The number of likely N-dealkylation sites (tertiary alicyclic amines) is 1. The minimum absolute atomic E-state index is 0.272. The summed E-state index contributed by atoms with van der Waals surface area (Å²) in [4.78, 5) is 2.47. The van der Waals surface area contributed by atoms with Crippen LogP contribution in [-0.2, 0) is 0 Å². The second kappa shape index (κ2) is 4.68. The Balaban J connectivity index is 1.68. The van der Waals surface area contributed by atoms with Gasteiger partial charge in [-0.15, -0.1) is 0 Å². The van der Waals surface area contributed by atoms with Crippen molar-refractivity contribution in [2.75, 3.05) is 26.2 Å². The predicted molar refractivity (Wildman–Crippen MR) is 87.1 cm³/mol. The van der Waals surface area contributed by atoms with Crippen LogP contribution in [0.4, 0.5) is 0 Å². The largest absolute Gasteiger partial charge is 0.395 e. The number of aliphatic hydroxyl groups is 1. The summed E-state index contributed by atoms with van der Waals surface area (Å²) < 4.78 is 0. The van der Waals surface area contributed by atoms with E-state index in [0.717, 1.165) is 19.6 Å². The van der Waals surface area contributed by atoms with Gasteiger partial charge in [-0.1, -0.05) is 48.5 Å². The van der Waals surface area contributed by atoms with Gasteiger partial charge in [0.15, 0.2) is 0 Å². The summed E-state index contributed by atoms with van der Waals surface area (Å²) in [7, 11) is 0. The summed E-state index contributed by atoms with van der Waals surface area (Å²) in [5, 5.41) is 9.31. The fraction of sp³-hybridized carbons (Fsp3) is 0.400. The standard InChI is InChI=1S/C20H21NO/c22-10-9-21-11-17-18(12-21)20-14-6-2-1-5-13(14)19(17)15-7-3-4-8-16(15)20/h1-8,17-20,22H,9-12H2. The summed E-state index contributed by atoms with van der Waals surface area (Å²) in [6.07, 6.45) is 0. The van der Waals surface area contributed by atoms with Gasteiger partial charge in [-0.3, -0.25) is 0 Å². The van der Waals surface area contributed by atoms with Crippen LogP contribution in [0, 0.1) is 11.8 Å². The number of β-amino-alcohol motifs (C(OH)–C–C–N with tert-alkyl or cyclic N) is 1. The molecule has 1 fully saturated rings. The summed E-state index contributed by atoms with van der Waals surface area (Å²) in [6.45, 7) is 3.36. The van der Waals surface area contributed by atoms with Gasteiger partial charge in [0, 0.05) is 31.5 Å². The van der Waals surface area contributed by atoms with E-state index in [1.165, 1.54) is 0 Å². The number of aliphatic hydroxyl groups excluding tert-OH is 1. The number of rotatable bonds is 2. The van der Waals surface area contributed by atoms with Crippen molar-refractivity contribution >= 4 is 0 Å². The minimum Gasteiger partial charge on any atom is -0.395 e. The van der Waals surface area contributed by atoms with Crippen molar-refractivity contribution in [3.05, 3.63) is 70.8 Å². The summed E-state index contributed by atoms with van der Waals surface area (Å²) in [5.41, 5.74) is 6.22. The molecule has 2 aromatic carbocycles. The van der Waals surface area contributed by atoms with Crippen molar-refractivity contribution < 1.29 is 5.11 Å². The van der Waals surface area contributed by atoms with Crippen LogP contribution in [-0.4, -0.2) is 36.2 Å². The molecule has 2 unspecified atom stereocenters. The maximum absolute atomic E-state index is 9.31. The zero-order chi connectivity index (χ0) is 14.7. The van der Waals surface area contributed by atoms with Crippen LogP contribution in [0.5, 0.6) is 0 Å². The first-order valence-electron chi connectivity index (χ1n) is 8.39. The Labute approximate surface area is 131 Å². The topological polar surface area (TPSA) is 23.5 Å². The molecule has 0 aromatic heterocycles. The minimum atomic E-state index is 0.272. The molecular formula is C20H21NO. The molecular weight excluding hydrogens is 270 g/mol. The average Bonchev–Trinajstić information content (AvgIpc) is 2.98. The summed E-state index contributed by atoms with van der Waals surface area (Å²) in [5.74, 6) is 2.51. The molecule has 0 radical (unpaired) electrons. The van der Waals surface area contributed by atoms with Gasteiger partial charge in [-0.2, -0.15) is 0 Å². The van der Waals surface area contributed by atoms with Crippen molar-refractivity contribution in [2.24, 2.45) is 11.8 Å². The molecule has 0 amide bonds. The van der Waals surface area contributed by atoms with E-state index in [9.17, 15) is 5.11 Å². The highest BCUT2D eigenvalue weighted by Crippen LogP contribution is 2.60. The Bertz CT molecular complexity index is 620. The molecule has 6 rings (SSSR count). The third-order valence-corrected chi connectivity index (χ3v) is 6.09. The second-order valence-corrected chi connectivity index (χ2v) is 7.02. The lowest BCUT2D eigenvalue weighted by molar-refractivity contribution is 0.215. The first-order valence-corrected chi connectivity index (χ1v) is 8.39. The first-order chi connectivity index (χ1) is 10.9. The van der Waals surface area contributed by atoms with Gasteiger partial charge in [-0.05, 0) is 34.1 Å². The van der Waals surface area contributed by atoms with Gasteiger partial charge in [0.2, 0.25) is 0 Å². The molecule has 1 aliphatic heterocycles. The lowest BCUT2D eigenvalue weighted by Gasteiger charge is -2.48. The molecule has 2 nitrogen and oxygen atoms in total. The van der Waals surface area contributed by atoms with E-state index in [1.54, 1.807) is 22.3 Å². The molecule has 2 heteroatoms. The quantitative estimate of drug-likeness (QED) is 0.919. The number of benzene rings is 2. The molecule has 2 bridgehead atoms.